The van der Waals surface area contributed by atoms with Crippen LogP contribution in [0.1, 0.15) is 17.2 Å². The van der Waals surface area contributed by atoms with Crippen molar-refractivity contribution in [2.24, 2.45) is 0 Å². The first kappa shape index (κ1) is 20.9. The number of ether oxygens (including phenoxy) is 1. The van der Waals surface area contributed by atoms with Crippen LogP contribution in [0.25, 0.3) is 5.76 Å². The van der Waals surface area contributed by atoms with Gasteiger partial charge in [-0.25, -0.2) is 4.98 Å². The van der Waals surface area contributed by atoms with E-state index in [1.54, 1.807) is 54.6 Å². The summed E-state index contributed by atoms with van der Waals surface area (Å²) < 4.78 is 5.14. The van der Waals surface area contributed by atoms with Gasteiger partial charge < -0.3 is 9.84 Å². The van der Waals surface area contributed by atoms with Gasteiger partial charge in [0.2, 0.25) is 0 Å². The monoisotopic (exact) mass is 454 g/mol. The summed E-state index contributed by atoms with van der Waals surface area (Å²) in [6.45, 7) is 0. The van der Waals surface area contributed by atoms with E-state index in [1.807, 2.05) is 0 Å². The Morgan fingerprint density at radius 3 is 2.52 bits per heavy atom. The number of hydrogen-bond acceptors (Lipinski definition) is 5. The highest BCUT2D eigenvalue weighted by Crippen LogP contribution is 2.42. The first-order chi connectivity index (χ1) is 14.9. The Morgan fingerprint density at radius 2 is 1.87 bits per heavy atom. The zero-order valence-electron chi connectivity index (χ0n) is 16.3. The zero-order chi connectivity index (χ0) is 22.1. The van der Waals surface area contributed by atoms with Crippen LogP contribution in [-0.2, 0) is 9.59 Å². The van der Waals surface area contributed by atoms with E-state index in [0.717, 1.165) is 0 Å². The number of aromatic nitrogens is 1. The van der Waals surface area contributed by atoms with Crippen molar-refractivity contribution < 1.29 is 19.4 Å². The number of halogens is 2. The third-order valence-corrected chi connectivity index (χ3v) is 5.46. The molecule has 4 rings (SSSR count). The number of pyridine rings is 1. The molecular formula is C23H16Cl2N2O4. The molecule has 0 radical (unpaired) electrons. The Morgan fingerprint density at radius 1 is 1.06 bits per heavy atom. The molecule has 1 aliphatic heterocycles. The van der Waals surface area contributed by atoms with Gasteiger partial charge in [0.15, 0.2) is 0 Å². The molecule has 3 aromatic rings. The third kappa shape index (κ3) is 3.76. The summed E-state index contributed by atoms with van der Waals surface area (Å²) in [5, 5.41) is 11.8. The highest BCUT2D eigenvalue weighted by molar-refractivity contribution is 6.51. The van der Waals surface area contributed by atoms with Gasteiger partial charge in [0.05, 0.1) is 23.7 Å². The molecule has 1 fully saturated rings. The minimum atomic E-state index is -0.922. The van der Waals surface area contributed by atoms with Crippen LogP contribution in [0.5, 0.6) is 5.75 Å². The molecule has 8 heteroatoms. The number of benzene rings is 2. The second-order valence-electron chi connectivity index (χ2n) is 6.76. The SMILES string of the molecule is COc1ccc(C(O)=C2C(=O)C(=O)N(c3ccccn3)C2c2cccc(Cl)c2)cc1Cl. The van der Waals surface area contributed by atoms with Crippen LogP contribution >= 0.6 is 23.2 Å². The van der Waals surface area contributed by atoms with Crippen molar-refractivity contribution in [3.05, 3.63) is 93.6 Å². The number of carbonyl (C=O) groups is 2. The molecule has 6 nitrogen and oxygen atoms in total. The lowest BCUT2D eigenvalue weighted by molar-refractivity contribution is -0.132. The summed E-state index contributed by atoms with van der Waals surface area (Å²) in [5.74, 6) is -1.30. The number of ketones is 1. The molecule has 0 spiro atoms. The van der Waals surface area contributed by atoms with E-state index in [9.17, 15) is 14.7 Å². The van der Waals surface area contributed by atoms with Gasteiger partial charge in [-0.05, 0) is 48.0 Å². The quantitative estimate of drug-likeness (QED) is 0.340. The van der Waals surface area contributed by atoms with Crippen molar-refractivity contribution in [1.29, 1.82) is 0 Å². The topological polar surface area (TPSA) is 79.7 Å². The number of carbonyl (C=O) groups excluding carboxylic acids is 2. The number of methoxy groups -OCH3 is 1. The predicted molar refractivity (Wildman–Crippen MR) is 118 cm³/mol. The molecule has 2 heterocycles. The second-order valence-corrected chi connectivity index (χ2v) is 7.61. The molecule has 0 bridgehead atoms. The van der Waals surface area contributed by atoms with E-state index in [1.165, 1.54) is 24.3 Å². The molecular weight excluding hydrogens is 439 g/mol. The van der Waals surface area contributed by atoms with Crippen molar-refractivity contribution in [3.8, 4) is 5.75 Å². The minimum absolute atomic E-state index is 0.0841. The number of aliphatic hydroxyl groups is 1. The fraction of sp³-hybridized carbons (Fsp3) is 0.0870. The summed E-state index contributed by atoms with van der Waals surface area (Å²) in [6, 6.07) is 15.5. The molecule has 0 saturated carbocycles. The first-order valence-electron chi connectivity index (χ1n) is 9.23. The van der Waals surface area contributed by atoms with Gasteiger partial charge in [0, 0.05) is 16.8 Å². The summed E-state index contributed by atoms with van der Waals surface area (Å²) in [5.41, 5.74) is 0.745. The molecule has 1 amide bonds. The zero-order valence-corrected chi connectivity index (χ0v) is 17.8. The maximum atomic E-state index is 13.1. The maximum absolute atomic E-state index is 13.1. The van der Waals surface area contributed by atoms with Crippen molar-refractivity contribution >= 4 is 46.5 Å². The third-order valence-electron chi connectivity index (χ3n) is 4.93. The largest absolute Gasteiger partial charge is 0.507 e. The number of Topliss-reactive ketones (excluding diaryl/α,β-unsaturated/α-hetero) is 1. The highest BCUT2D eigenvalue weighted by Gasteiger charge is 2.47. The molecule has 156 valence electrons. The standard InChI is InChI=1S/C23H16Cl2N2O4/c1-31-17-9-8-14(12-16(17)25)21(28)19-20(13-5-4-6-15(24)11-13)27(23(30)22(19)29)18-7-2-3-10-26-18/h2-12,20,28H,1H3. The average Bonchev–Trinajstić information content (AvgIpc) is 3.04. The van der Waals surface area contributed by atoms with E-state index < -0.39 is 17.7 Å². The van der Waals surface area contributed by atoms with Crippen molar-refractivity contribution in [1.82, 2.24) is 4.98 Å². The fourth-order valence-corrected chi connectivity index (χ4v) is 3.98. The molecule has 1 aromatic heterocycles. The van der Waals surface area contributed by atoms with E-state index in [-0.39, 0.29) is 27.7 Å². The Bertz CT molecular complexity index is 1210. The van der Waals surface area contributed by atoms with E-state index >= 15 is 0 Å². The summed E-state index contributed by atoms with van der Waals surface area (Å²) >= 11 is 12.4. The Kier molecular flexibility index (Phi) is 5.67. The normalized spacial score (nSPS) is 17.8. The summed E-state index contributed by atoms with van der Waals surface area (Å²) in [7, 11) is 1.47. The van der Waals surface area contributed by atoms with E-state index in [4.69, 9.17) is 27.9 Å². The number of aliphatic hydroxyl groups excluding tert-OH is 1. The van der Waals surface area contributed by atoms with Crippen LogP contribution in [0.15, 0.2) is 72.4 Å². The van der Waals surface area contributed by atoms with Gasteiger partial charge in [0.25, 0.3) is 5.78 Å². The fourth-order valence-electron chi connectivity index (χ4n) is 3.53. The van der Waals surface area contributed by atoms with Gasteiger partial charge in [-0.2, -0.15) is 0 Å². The lowest BCUT2D eigenvalue weighted by Crippen LogP contribution is -2.30. The second kappa shape index (κ2) is 8.41. The van der Waals surface area contributed by atoms with Crippen LogP contribution in [0, 0.1) is 0 Å². The van der Waals surface area contributed by atoms with Crippen LogP contribution < -0.4 is 9.64 Å². The predicted octanol–water partition coefficient (Wildman–Crippen LogP) is 5.02. The van der Waals surface area contributed by atoms with E-state index in [0.29, 0.717) is 16.3 Å². The maximum Gasteiger partial charge on any atom is 0.301 e. The molecule has 1 N–H and O–H groups in total. The van der Waals surface area contributed by atoms with Crippen LogP contribution in [0.3, 0.4) is 0 Å². The number of amides is 1. The van der Waals surface area contributed by atoms with E-state index in [2.05, 4.69) is 4.98 Å². The van der Waals surface area contributed by atoms with Crippen LogP contribution in [0.4, 0.5) is 5.82 Å². The Labute approximate surface area is 188 Å². The summed E-state index contributed by atoms with van der Waals surface area (Å²) in [4.78, 5) is 31.5. The smallest absolute Gasteiger partial charge is 0.301 e. The molecule has 0 aliphatic carbocycles. The first-order valence-corrected chi connectivity index (χ1v) is 9.99. The van der Waals surface area contributed by atoms with Crippen molar-refractivity contribution in [2.75, 3.05) is 12.0 Å². The molecule has 1 atom stereocenters. The number of nitrogens with zero attached hydrogens (tertiary/aromatic N) is 2. The Hall–Kier alpha value is -3.35. The lowest BCUT2D eigenvalue weighted by Gasteiger charge is -2.24. The van der Waals surface area contributed by atoms with Crippen LogP contribution in [0.2, 0.25) is 10.0 Å². The Balaban J connectivity index is 1.94. The van der Waals surface area contributed by atoms with Crippen LogP contribution in [-0.4, -0.2) is 28.9 Å². The summed E-state index contributed by atoms with van der Waals surface area (Å²) in [6.07, 6.45) is 1.52. The molecule has 31 heavy (non-hydrogen) atoms. The van der Waals surface area contributed by atoms with Gasteiger partial charge in [-0.15, -0.1) is 0 Å². The molecule has 1 unspecified atom stereocenters. The van der Waals surface area contributed by atoms with Gasteiger partial charge in [-0.3, -0.25) is 14.5 Å². The average molecular weight is 455 g/mol. The van der Waals surface area contributed by atoms with Gasteiger partial charge in [0.1, 0.15) is 17.3 Å². The minimum Gasteiger partial charge on any atom is -0.507 e. The number of hydrogen-bond donors (Lipinski definition) is 1. The van der Waals surface area contributed by atoms with Crippen molar-refractivity contribution in [3.63, 3.8) is 0 Å². The van der Waals surface area contributed by atoms with Gasteiger partial charge in [-0.1, -0.05) is 41.4 Å². The molecule has 1 saturated heterocycles. The lowest BCUT2D eigenvalue weighted by atomic mass is 9.95. The number of anilines is 1. The number of rotatable bonds is 4. The molecule has 1 aliphatic rings. The van der Waals surface area contributed by atoms with Gasteiger partial charge >= 0.3 is 5.91 Å². The molecule has 2 aromatic carbocycles. The van der Waals surface area contributed by atoms with Crippen molar-refractivity contribution in [2.45, 2.75) is 6.04 Å². The highest BCUT2D eigenvalue weighted by atomic mass is 35.5.